The molecule has 1 nitrogen and oxygen atoms in total. The molecule has 2 rings (SSSR count). The lowest BCUT2D eigenvalue weighted by Crippen LogP contribution is -2.07. The van der Waals surface area contributed by atoms with Crippen molar-refractivity contribution in [3.8, 4) is 0 Å². The molecule has 0 bridgehead atoms. The quantitative estimate of drug-likeness (QED) is 0.757. The molecule has 1 unspecified atom stereocenters. The molecule has 0 heterocycles. The molecule has 1 N–H and O–H groups in total. The molecular weight excluding hydrogens is 244 g/mol. The number of allylic oxidation sites excluding steroid dienone is 7. The zero-order valence-electron chi connectivity index (χ0n) is 13.3. The topological polar surface area (TPSA) is 20.2 Å². The third-order valence-corrected chi connectivity index (χ3v) is 3.37. The summed E-state index contributed by atoms with van der Waals surface area (Å²) in [7, 11) is 0. The van der Waals surface area contributed by atoms with Crippen LogP contribution in [0.3, 0.4) is 0 Å². The third kappa shape index (κ3) is 3.10. The second-order valence-electron chi connectivity index (χ2n) is 5.34. The summed E-state index contributed by atoms with van der Waals surface area (Å²) in [5, 5.41) is 10.4. The monoisotopic (exact) mass is 270 g/mol. The summed E-state index contributed by atoms with van der Waals surface area (Å²) in [5.41, 5.74) is 4.06. The summed E-state index contributed by atoms with van der Waals surface area (Å²) in [6.45, 7) is 14.2. The van der Waals surface area contributed by atoms with Crippen molar-refractivity contribution in [2.75, 3.05) is 0 Å². The van der Waals surface area contributed by atoms with Crippen molar-refractivity contribution >= 4 is 0 Å². The fourth-order valence-corrected chi connectivity index (χ4v) is 2.52. The highest BCUT2D eigenvalue weighted by molar-refractivity contribution is 5.68. The Balaban J connectivity index is 0.000000956. The second-order valence-corrected chi connectivity index (χ2v) is 5.34. The highest BCUT2D eigenvalue weighted by Gasteiger charge is 2.31. The van der Waals surface area contributed by atoms with Gasteiger partial charge in [-0.2, -0.15) is 0 Å². The van der Waals surface area contributed by atoms with Crippen LogP contribution >= 0.6 is 0 Å². The number of aliphatic hydroxyl groups is 1. The van der Waals surface area contributed by atoms with Gasteiger partial charge in [0.05, 0.1) is 0 Å². The van der Waals surface area contributed by atoms with E-state index in [1.807, 2.05) is 51.2 Å². The smallest absolute Gasteiger partial charge is 0.105 e. The lowest BCUT2D eigenvalue weighted by molar-refractivity contribution is 0.257. The molecule has 0 spiro atoms. The molecule has 0 saturated carbocycles. The predicted molar refractivity (Wildman–Crippen MR) is 88.5 cm³/mol. The van der Waals surface area contributed by atoms with Crippen LogP contribution in [0.4, 0.5) is 0 Å². The number of fused-ring (bicyclic) bond motifs is 1. The Kier molecular flexibility index (Phi) is 5.52. The van der Waals surface area contributed by atoms with Crippen LogP contribution in [0.25, 0.3) is 0 Å². The molecule has 0 aliphatic heterocycles. The Hall–Kier alpha value is -1.60. The number of rotatable bonds is 2. The van der Waals surface area contributed by atoms with E-state index in [-0.39, 0.29) is 5.41 Å². The highest BCUT2D eigenvalue weighted by atomic mass is 16.3. The molecule has 0 saturated heterocycles. The lowest BCUT2D eigenvalue weighted by atomic mass is 9.89. The van der Waals surface area contributed by atoms with Crippen LogP contribution in [0.1, 0.15) is 34.6 Å². The first kappa shape index (κ1) is 16.5. The Morgan fingerprint density at radius 2 is 1.95 bits per heavy atom. The van der Waals surface area contributed by atoms with E-state index < -0.39 is 6.10 Å². The Bertz CT molecular complexity index is 522. The predicted octanol–water partition coefficient (Wildman–Crippen LogP) is 4.89. The van der Waals surface area contributed by atoms with Crippen LogP contribution in [0.5, 0.6) is 0 Å². The van der Waals surface area contributed by atoms with Gasteiger partial charge in [-0.05, 0) is 29.2 Å². The molecule has 0 amide bonds. The summed E-state index contributed by atoms with van der Waals surface area (Å²) >= 11 is 0. The fourth-order valence-electron chi connectivity index (χ4n) is 2.52. The minimum Gasteiger partial charge on any atom is -0.384 e. The van der Waals surface area contributed by atoms with Crippen molar-refractivity contribution in [2.24, 2.45) is 5.41 Å². The van der Waals surface area contributed by atoms with E-state index in [0.29, 0.717) is 0 Å². The van der Waals surface area contributed by atoms with Crippen molar-refractivity contribution in [1.82, 2.24) is 0 Å². The van der Waals surface area contributed by atoms with Crippen molar-refractivity contribution in [1.29, 1.82) is 0 Å². The first-order chi connectivity index (χ1) is 9.50. The number of aliphatic hydroxyl groups excluding tert-OH is 1. The maximum atomic E-state index is 10.4. The van der Waals surface area contributed by atoms with Crippen molar-refractivity contribution in [3.63, 3.8) is 0 Å². The summed E-state index contributed by atoms with van der Waals surface area (Å²) in [6, 6.07) is 0. The zero-order valence-corrected chi connectivity index (χ0v) is 13.3. The van der Waals surface area contributed by atoms with E-state index in [4.69, 9.17) is 0 Å². The van der Waals surface area contributed by atoms with E-state index in [9.17, 15) is 5.11 Å². The molecule has 20 heavy (non-hydrogen) atoms. The first-order valence-electron chi connectivity index (χ1n) is 7.30. The fraction of sp³-hybridized carbons (Fsp3) is 0.368. The average molecular weight is 270 g/mol. The normalized spacial score (nSPS) is 23.6. The van der Waals surface area contributed by atoms with Gasteiger partial charge in [0.2, 0.25) is 0 Å². The maximum Gasteiger partial charge on any atom is 0.105 e. The van der Waals surface area contributed by atoms with E-state index >= 15 is 0 Å². The largest absolute Gasteiger partial charge is 0.384 e. The molecule has 1 heteroatoms. The van der Waals surface area contributed by atoms with Crippen molar-refractivity contribution < 1.29 is 5.11 Å². The summed E-state index contributed by atoms with van der Waals surface area (Å²) < 4.78 is 0. The third-order valence-electron chi connectivity index (χ3n) is 3.37. The standard InChI is InChI=1S/C17H20O.C2H6/c1-5-8-13-12(6-2)15-11-17(3,4)10-7-9-14(15)16(13)18;1-2/h5-11,16,18H,2H2,1,3-4H3;1-2H3/b8-5-;. The van der Waals surface area contributed by atoms with Gasteiger partial charge in [-0.1, -0.05) is 76.8 Å². The zero-order chi connectivity index (χ0) is 15.3. The second kappa shape index (κ2) is 6.71. The minimum atomic E-state index is -0.543. The molecule has 2 aliphatic carbocycles. The molecular formula is C19H26O. The van der Waals surface area contributed by atoms with Crippen LogP contribution in [0, 0.1) is 5.41 Å². The Morgan fingerprint density at radius 1 is 1.30 bits per heavy atom. The average Bonchev–Trinajstić information content (AvgIpc) is 2.57. The van der Waals surface area contributed by atoms with Gasteiger partial charge in [0, 0.05) is 5.41 Å². The van der Waals surface area contributed by atoms with Gasteiger partial charge in [0.25, 0.3) is 0 Å². The molecule has 2 aliphatic rings. The van der Waals surface area contributed by atoms with E-state index in [2.05, 4.69) is 32.6 Å². The summed E-state index contributed by atoms with van der Waals surface area (Å²) in [5.74, 6) is 0. The van der Waals surface area contributed by atoms with Crippen LogP contribution in [0.2, 0.25) is 0 Å². The van der Waals surface area contributed by atoms with Gasteiger partial charge in [0.1, 0.15) is 6.10 Å². The van der Waals surface area contributed by atoms with Gasteiger partial charge >= 0.3 is 0 Å². The van der Waals surface area contributed by atoms with Crippen molar-refractivity contribution in [2.45, 2.75) is 40.7 Å². The lowest BCUT2D eigenvalue weighted by Gasteiger charge is -2.15. The maximum absolute atomic E-state index is 10.4. The Morgan fingerprint density at radius 3 is 2.50 bits per heavy atom. The highest BCUT2D eigenvalue weighted by Crippen LogP contribution is 2.41. The van der Waals surface area contributed by atoms with Crippen LogP contribution in [0.15, 0.2) is 71.4 Å². The van der Waals surface area contributed by atoms with Gasteiger partial charge in [-0.15, -0.1) is 0 Å². The van der Waals surface area contributed by atoms with Crippen LogP contribution in [-0.2, 0) is 0 Å². The molecule has 0 aromatic heterocycles. The molecule has 108 valence electrons. The van der Waals surface area contributed by atoms with Gasteiger partial charge in [-0.25, -0.2) is 0 Å². The first-order valence-corrected chi connectivity index (χ1v) is 7.30. The Labute approximate surface area is 123 Å². The van der Waals surface area contributed by atoms with E-state index in [1.165, 1.54) is 0 Å². The van der Waals surface area contributed by atoms with E-state index in [0.717, 1.165) is 22.3 Å². The van der Waals surface area contributed by atoms with Gasteiger partial charge in [0.15, 0.2) is 0 Å². The number of hydrogen-bond acceptors (Lipinski definition) is 1. The summed E-state index contributed by atoms with van der Waals surface area (Å²) in [4.78, 5) is 0. The van der Waals surface area contributed by atoms with Crippen LogP contribution < -0.4 is 0 Å². The van der Waals surface area contributed by atoms with Crippen molar-refractivity contribution in [3.05, 3.63) is 71.4 Å². The van der Waals surface area contributed by atoms with Crippen LogP contribution in [-0.4, -0.2) is 11.2 Å². The van der Waals surface area contributed by atoms with E-state index in [1.54, 1.807) is 0 Å². The molecule has 0 aromatic carbocycles. The SMILES string of the molecule is C=CC1=C(/C=C\C)C(O)C2=CC=CC(C)(C)C=C21.CC. The molecule has 1 atom stereocenters. The molecule has 0 radical (unpaired) electrons. The minimum absolute atomic E-state index is 0.00700. The molecule has 0 fully saturated rings. The van der Waals surface area contributed by atoms with Gasteiger partial charge in [-0.3, -0.25) is 0 Å². The molecule has 0 aromatic rings. The number of hydrogen-bond donors (Lipinski definition) is 1. The van der Waals surface area contributed by atoms with Gasteiger partial charge < -0.3 is 5.11 Å². The summed E-state index contributed by atoms with van der Waals surface area (Å²) in [6.07, 6.45) is 13.6.